The Morgan fingerprint density at radius 2 is 1.68 bits per heavy atom. The molecule has 114 valence electrons. The van der Waals surface area contributed by atoms with E-state index in [9.17, 15) is 4.79 Å². The van der Waals surface area contributed by atoms with Crippen molar-refractivity contribution >= 4 is 12.0 Å². The Kier molecular flexibility index (Phi) is 5.60. The number of carbonyl (C=O) groups is 1. The summed E-state index contributed by atoms with van der Waals surface area (Å²) < 4.78 is 11.2. The quantitative estimate of drug-likeness (QED) is 0.627. The molecule has 4 heteroatoms. The zero-order chi connectivity index (χ0) is 15.8. The van der Waals surface area contributed by atoms with Gasteiger partial charge in [0, 0.05) is 6.08 Å². The average molecular weight is 298 g/mol. The van der Waals surface area contributed by atoms with Gasteiger partial charge in [0.05, 0.1) is 0 Å². The summed E-state index contributed by atoms with van der Waals surface area (Å²) in [6.07, 6.45) is 2.62. The minimum atomic E-state index is -0.974. The van der Waals surface area contributed by atoms with E-state index in [0.717, 1.165) is 23.0 Å². The third-order valence-electron chi connectivity index (χ3n) is 2.89. The van der Waals surface area contributed by atoms with Gasteiger partial charge in [-0.2, -0.15) is 0 Å². The van der Waals surface area contributed by atoms with Crippen molar-refractivity contribution in [1.29, 1.82) is 0 Å². The number of benzene rings is 2. The number of ether oxygens (including phenoxy) is 2. The van der Waals surface area contributed by atoms with Crippen LogP contribution < -0.4 is 9.47 Å². The zero-order valence-corrected chi connectivity index (χ0v) is 12.4. The lowest BCUT2D eigenvalue weighted by atomic mass is 10.2. The van der Waals surface area contributed by atoms with Gasteiger partial charge in [0.2, 0.25) is 0 Å². The normalized spacial score (nSPS) is 10.6. The molecule has 2 aromatic rings. The Morgan fingerprint density at radius 1 is 1.05 bits per heavy atom. The molecule has 22 heavy (non-hydrogen) atoms. The van der Waals surface area contributed by atoms with E-state index in [2.05, 4.69) is 0 Å². The van der Waals surface area contributed by atoms with Gasteiger partial charge in [0.15, 0.2) is 0 Å². The lowest BCUT2D eigenvalue weighted by molar-refractivity contribution is -0.131. The van der Waals surface area contributed by atoms with Crippen molar-refractivity contribution in [2.45, 2.75) is 6.92 Å². The maximum atomic E-state index is 10.5. The first-order valence-electron chi connectivity index (χ1n) is 6.97. The van der Waals surface area contributed by atoms with Crippen molar-refractivity contribution in [3.8, 4) is 11.5 Å². The first-order chi connectivity index (χ1) is 10.6. The van der Waals surface area contributed by atoms with E-state index < -0.39 is 5.97 Å². The van der Waals surface area contributed by atoms with E-state index in [0.29, 0.717) is 19.0 Å². The largest absolute Gasteiger partial charge is 0.490 e. The van der Waals surface area contributed by atoms with Crippen LogP contribution in [0.3, 0.4) is 0 Å². The van der Waals surface area contributed by atoms with Crippen LogP contribution in [0.4, 0.5) is 0 Å². The monoisotopic (exact) mass is 298 g/mol. The number of aliphatic carboxylic acids is 1. The van der Waals surface area contributed by atoms with E-state index in [1.165, 1.54) is 6.08 Å². The molecule has 0 heterocycles. The Labute approximate surface area is 129 Å². The molecule has 0 saturated heterocycles. The third kappa shape index (κ3) is 5.32. The molecule has 0 fully saturated rings. The zero-order valence-electron chi connectivity index (χ0n) is 12.4. The smallest absolute Gasteiger partial charge is 0.328 e. The van der Waals surface area contributed by atoms with E-state index >= 15 is 0 Å². The summed E-state index contributed by atoms with van der Waals surface area (Å²) in [6.45, 7) is 2.87. The summed E-state index contributed by atoms with van der Waals surface area (Å²) >= 11 is 0. The highest BCUT2D eigenvalue weighted by atomic mass is 16.5. The maximum Gasteiger partial charge on any atom is 0.328 e. The molecule has 0 aliphatic rings. The van der Waals surface area contributed by atoms with Gasteiger partial charge < -0.3 is 14.6 Å². The van der Waals surface area contributed by atoms with E-state index in [-0.39, 0.29) is 0 Å². The first-order valence-corrected chi connectivity index (χ1v) is 6.97. The molecule has 0 aromatic heterocycles. The molecule has 2 aromatic carbocycles. The lowest BCUT2D eigenvalue weighted by Gasteiger charge is -2.09. The summed E-state index contributed by atoms with van der Waals surface area (Å²) in [6, 6.07) is 15.1. The fraction of sp³-hybridized carbons (Fsp3) is 0.167. The highest BCUT2D eigenvalue weighted by molar-refractivity contribution is 5.85. The summed E-state index contributed by atoms with van der Waals surface area (Å²) in [7, 11) is 0. The Bertz CT molecular complexity index is 662. The topological polar surface area (TPSA) is 55.8 Å². The Balaban J connectivity index is 1.82. The number of aryl methyl sites for hydroxylation is 1. The number of hydrogen-bond donors (Lipinski definition) is 1. The molecule has 1 N–H and O–H groups in total. The van der Waals surface area contributed by atoms with Crippen molar-refractivity contribution in [2.75, 3.05) is 13.2 Å². The van der Waals surface area contributed by atoms with Crippen LogP contribution in [-0.2, 0) is 4.79 Å². The molecule has 0 bridgehead atoms. The summed E-state index contributed by atoms with van der Waals surface area (Å²) in [5.41, 5.74) is 1.93. The average Bonchev–Trinajstić information content (AvgIpc) is 2.50. The van der Waals surface area contributed by atoms with Crippen molar-refractivity contribution in [2.24, 2.45) is 0 Å². The van der Waals surface area contributed by atoms with Crippen LogP contribution in [0, 0.1) is 6.92 Å². The van der Waals surface area contributed by atoms with Gasteiger partial charge in [-0.25, -0.2) is 4.79 Å². The molecule has 0 atom stereocenters. The van der Waals surface area contributed by atoms with Crippen LogP contribution in [-0.4, -0.2) is 24.3 Å². The van der Waals surface area contributed by atoms with Crippen molar-refractivity contribution < 1.29 is 19.4 Å². The second-order valence-corrected chi connectivity index (χ2v) is 4.76. The molecule has 0 unspecified atom stereocenters. The molecular formula is C18H18O4. The maximum absolute atomic E-state index is 10.5. The van der Waals surface area contributed by atoms with Crippen molar-refractivity contribution in [3.63, 3.8) is 0 Å². The summed E-state index contributed by atoms with van der Waals surface area (Å²) in [4.78, 5) is 10.5. The lowest BCUT2D eigenvalue weighted by Crippen LogP contribution is -2.09. The van der Waals surface area contributed by atoms with Crippen LogP contribution in [0.25, 0.3) is 6.08 Å². The third-order valence-corrected chi connectivity index (χ3v) is 2.89. The predicted molar refractivity (Wildman–Crippen MR) is 85.3 cm³/mol. The van der Waals surface area contributed by atoms with E-state index in [1.807, 2.05) is 49.4 Å². The van der Waals surface area contributed by atoms with Crippen LogP contribution in [0.5, 0.6) is 11.5 Å². The molecule has 0 aliphatic carbocycles. The molecule has 0 amide bonds. The summed E-state index contributed by atoms with van der Waals surface area (Å²) in [5.74, 6) is 0.528. The van der Waals surface area contributed by atoms with Gasteiger partial charge in [0.1, 0.15) is 24.7 Å². The minimum absolute atomic E-state index is 0.417. The second kappa shape index (κ2) is 7.88. The number of carboxylic acid groups (broad SMARTS) is 1. The SMILES string of the molecule is Cc1cccc(OCCOc2cccc(C=CC(=O)O)c2)c1. The highest BCUT2D eigenvalue weighted by Gasteiger charge is 1.97. The Hall–Kier alpha value is -2.75. The van der Waals surface area contributed by atoms with Crippen LogP contribution in [0.1, 0.15) is 11.1 Å². The van der Waals surface area contributed by atoms with Gasteiger partial charge in [-0.3, -0.25) is 0 Å². The minimum Gasteiger partial charge on any atom is -0.490 e. The number of rotatable bonds is 7. The van der Waals surface area contributed by atoms with E-state index in [1.54, 1.807) is 6.07 Å². The molecule has 0 saturated carbocycles. The van der Waals surface area contributed by atoms with Gasteiger partial charge in [0.25, 0.3) is 0 Å². The molecule has 4 nitrogen and oxygen atoms in total. The van der Waals surface area contributed by atoms with Crippen LogP contribution in [0.15, 0.2) is 54.6 Å². The van der Waals surface area contributed by atoms with Gasteiger partial charge in [-0.05, 0) is 48.4 Å². The molecule has 0 radical (unpaired) electrons. The molecule has 0 aliphatic heterocycles. The molecular weight excluding hydrogens is 280 g/mol. The van der Waals surface area contributed by atoms with Gasteiger partial charge >= 0.3 is 5.97 Å². The summed E-state index contributed by atoms with van der Waals surface area (Å²) in [5, 5.41) is 8.61. The van der Waals surface area contributed by atoms with Crippen LogP contribution >= 0.6 is 0 Å². The second-order valence-electron chi connectivity index (χ2n) is 4.76. The number of carboxylic acids is 1. The first kappa shape index (κ1) is 15.6. The van der Waals surface area contributed by atoms with Crippen molar-refractivity contribution in [1.82, 2.24) is 0 Å². The molecule has 0 spiro atoms. The van der Waals surface area contributed by atoms with E-state index in [4.69, 9.17) is 14.6 Å². The van der Waals surface area contributed by atoms with Crippen LogP contribution in [0.2, 0.25) is 0 Å². The standard InChI is InChI=1S/C18H18O4/c1-14-4-2-6-16(12-14)21-10-11-22-17-7-3-5-15(13-17)8-9-18(19)20/h2-9,12-13H,10-11H2,1H3,(H,19,20). The Morgan fingerprint density at radius 3 is 2.32 bits per heavy atom. The van der Waals surface area contributed by atoms with Gasteiger partial charge in [-0.15, -0.1) is 0 Å². The fourth-order valence-corrected chi connectivity index (χ4v) is 1.90. The predicted octanol–water partition coefficient (Wildman–Crippen LogP) is 3.55. The molecule has 2 rings (SSSR count). The number of hydrogen-bond acceptors (Lipinski definition) is 3. The highest BCUT2D eigenvalue weighted by Crippen LogP contribution is 2.15. The van der Waals surface area contributed by atoms with Crippen molar-refractivity contribution in [3.05, 3.63) is 65.7 Å². The fourth-order valence-electron chi connectivity index (χ4n) is 1.90. The van der Waals surface area contributed by atoms with Gasteiger partial charge in [-0.1, -0.05) is 24.3 Å².